The Morgan fingerprint density at radius 3 is 2.60 bits per heavy atom. The molecule has 110 valence electrons. The van der Waals surface area contributed by atoms with Crippen molar-refractivity contribution < 1.29 is 4.79 Å². The molecule has 1 aromatic rings. The molecule has 1 amide bonds. The Bertz CT molecular complexity index is 467. The lowest BCUT2D eigenvalue weighted by Crippen LogP contribution is -2.49. The monoisotopic (exact) mass is 276 g/mol. The number of anilines is 2. The minimum Gasteiger partial charge on any atom is -0.397 e. The van der Waals surface area contributed by atoms with Gasteiger partial charge in [0, 0.05) is 32.6 Å². The van der Waals surface area contributed by atoms with Gasteiger partial charge in [0.05, 0.1) is 11.4 Å². The number of hydrogen-bond donors (Lipinski definition) is 1. The molecule has 1 aliphatic rings. The summed E-state index contributed by atoms with van der Waals surface area (Å²) in [6.45, 7) is 7.29. The highest BCUT2D eigenvalue weighted by atomic mass is 16.2. The third-order valence-electron chi connectivity index (χ3n) is 3.81. The van der Waals surface area contributed by atoms with Crippen molar-refractivity contribution in [1.82, 2.24) is 9.88 Å². The van der Waals surface area contributed by atoms with Crippen LogP contribution in [0.5, 0.6) is 0 Å². The second-order valence-electron chi connectivity index (χ2n) is 5.32. The quantitative estimate of drug-likeness (QED) is 0.911. The normalized spacial score (nSPS) is 15.5. The van der Waals surface area contributed by atoms with Crippen molar-refractivity contribution in [3.05, 3.63) is 17.8 Å². The van der Waals surface area contributed by atoms with E-state index >= 15 is 0 Å². The van der Waals surface area contributed by atoms with Crippen LogP contribution in [0.3, 0.4) is 0 Å². The maximum Gasteiger partial charge on any atom is 0.222 e. The van der Waals surface area contributed by atoms with E-state index in [-0.39, 0.29) is 5.91 Å². The standard InChI is InChI=1S/C15H24N4O/c1-3-4-5-15(20)19-10-8-18(9-11-19)14-7-6-13(16)12(2)17-14/h6-7H,3-5,8-11,16H2,1-2H3. The maximum absolute atomic E-state index is 12.0. The average molecular weight is 276 g/mol. The predicted molar refractivity (Wildman–Crippen MR) is 81.7 cm³/mol. The molecule has 1 fully saturated rings. The van der Waals surface area contributed by atoms with E-state index in [4.69, 9.17) is 5.73 Å². The topological polar surface area (TPSA) is 62.5 Å². The van der Waals surface area contributed by atoms with Gasteiger partial charge in [0.2, 0.25) is 5.91 Å². The second kappa shape index (κ2) is 6.59. The fourth-order valence-corrected chi connectivity index (χ4v) is 2.41. The van der Waals surface area contributed by atoms with Crippen molar-refractivity contribution in [2.75, 3.05) is 36.8 Å². The summed E-state index contributed by atoms with van der Waals surface area (Å²) < 4.78 is 0. The summed E-state index contributed by atoms with van der Waals surface area (Å²) in [5.74, 6) is 1.24. The number of nitrogens with zero attached hydrogens (tertiary/aromatic N) is 3. The fraction of sp³-hybridized carbons (Fsp3) is 0.600. The van der Waals surface area contributed by atoms with E-state index in [1.807, 2.05) is 24.0 Å². The van der Waals surface area contributed by atoms with Crippen LogP contribution in [-0.4, -0.2) is 42.0 Å². The van der Waals surface area contributed by atoms with Crippen molar-refractivity contribution in [2.45, 2.75) is 33.1 Å². The summed E-state index contributed by atoms with van der Waals surface area (Å²) >= 11 is 0. The molecular weight excluding hydrogens is 252 g/mol. The van der Waals surface area contributed by atoms with Crippen LogP contribution < -0.4 is 10.6 Å². The van der Waals surface area contributed by atoms with Gasteiger partial charge >= 0.3 is 0 Å². The summed E-state index contributed by atoms with van der Waals surface area (Å²) in [6, 6.07) is 3.85. The first-order chi connectivity index (χ1) is 9.61. The Labute approximate surface area is 120 Å². The lowest BCUT2D eigenvalue weighted by Gasteiger charge is -2.35. The van der Waals surface area contributed by atoms with E-state index in [9.17, 15) is 4.79 Å². The zero-order valence-corrected chi connectivity index (χ0v) is 12.4. The van der Waals surface area contributed by atoms with E-state index in [1.165, 1.54) is 0 Å². The molecule has 1 aromatic heterocycles. The zero-order chi connectivity index (χ0) is 14.5. The fourth-order valence-electron chi connectivity index (χ4n) is 2.41. The molecule has 2 N–H and O–H groups in total. The van der Waals surface area contributed by atoms with Crippen LogP contribution in [0.1, 0.15) is 31.9 Å². The van der Waals surface area contributed by atoms with Gasteiger partial charge in [0.15, 0.2) is 0 Å². The third kappa shape index (κ3) is 3.40. The second-order valence-corrected chi connectivity index (χ2v) is 5.32. The summed E-state index contributed by atoms with van der Waals surface area (Å²) in [6.07, 6.45) is 2.73. The van der Waals surface area contributed by atoms with Crippen molar-refractivity contribution in [3.8, 4) is 0 Å². The molecule has 0 spiro atoms. The van der Waals surface area contributed by atoms with Gasteiger partial charge in [-0.15, -0.1) is 0 Å². The number of unbranched alkanes of at least 4 members (excludes halogenated alkanes) is 1. The van der Waals surface area contributed by atoms with Gasteiger partial charge in [-0.1, -0.05) is 13.3 Å². The van der Waals surface area contributed by atoms with Crippen LogP contribution in [0, 0.1) is 6.92 Å². The number of pyridine rings is 1. The number of rotatable bonds is 4. The van der Waals surface area contributed by atoms with Gasteiger partial charge in [-0.2, -0.15) is 0 Å². The molecule has 20 heavy (non-hydrogen) atoms. The number of hydrogen-bond acceptors (Lipinski definition) is 4. The van der Waals surface area contributed by atoms with E-state index in [0.717, 1.165) is 56.2 Å². The van der Waals surface area contributed by atoms with Gasteiger partial charge in [0.1, 0.15) is 5.82 Å². The van der Waals surface area contributed by atoms with Gasteiger partial charge in [-0.3, -0.25) is 4.79 Å². The minimum absolute atomic E-state index is 0.285. The Morgan fingerprint density at radius 1 is 1.30 bits per heavy atom. The molecule has 0 saturated carbocycles. The van der Waals surface area contributed by atoms with Gasteiger partial charge in [0.25, 0.3) is 0 Å². The summed E-state index contributed by atoms with van der Waals surface area (Å²) in [4.78, 5) is 20.7. The Hall–Kier alpha value is -1.78. The first kappa shape index (κ1) is 14.6. The molecule has 0 radical (unpaired) electrons. The smallest absolute Gasteiger partial charge is 0.222 e. The predicted octanol–water partition coefficient (Wildman–Crippen LogP) is 1.81. The SMILES string of the molecule is CCCCC(=O)N1CCN(c2ccc(N)c(C)n2)CC1. The highest BCUT2D eigenvalue weighted by Gasteiger charge is 2.21. The molecule has 0 aliphatic carbocycles. The third-order valence-corrected chi connectivity index (χ3v) is 3.81. The van der Waals surface area contributed by atoms with Crippen molar-refractivity contribution in [1.29, 1.82) is 0 Å². The van der Waals surface area contributed by atoms with Gasteiger partial charge in [-0.05, 0) is 25.5 Å². The minimum atomic E-state index is 0.285. The number of nitrogens with two attached hydrogens (primary N) is 1. The number of nitrogen functional groups attached to an aromatic ring is 1. The number of piperazine rings is 1. The lowest BCUT2D eigenvalue weighted by molar-refractivity contribution is -0.131. The van der Waals surface area contributed by atoms with Gasteiger partial charge in [-0.25, -0.2) is 4.98 Å². The first-order valence-corrected chi connectivity index (χ1v) is 7.37. The molecule has 0 bridgehead atoms. The number of aryl methyl sites for hydroxylation is 1. The van der Waals surface area contributed by atoms with Crippen molar-refractivity contribution >= 4 is 17.4 Å². The van der Waals surface area contributed by atoms with Gasteiger partial charge < -0.3 is 15.5 Å². The number of carbonyl (C=O) groups is 1. The number of aromatic nitrogens is 1. The molecule has 5 heteroatoms. The summed E-state index contributed by atoms with van der Waals surface area (Å²) in [5.41, 5.74) is 7.38. The molecule has 0 unspecified atom stereocenters. The van der Waals surface area contributed by atoms with Crippen LogP contribution >= 0.6 is 0 Å². The van der Waals surface area contributed by atoms with Crippen LogP contribution in [0.25, 0.3) is 0 Å². The van der Waals surface area contributed by atoms with Crippen LogP contribution in [0.4, 0.5) is 11.5 Å². The van der Waals surface area contributed by atoms with Crippen molar-refractivity contribution in [3.63, 3.8) is 0 Å². The maximum atomic E-state index is 12.0. The lowest BCUT2D eigenvalue weighted by atomic mass is 10.2. The number of carbonyl (C=O) groups excluding carboxylic acids is 1. The molecule has 2 rings (SSSR count). The van der Waals surface area contributed by atoms with Crippen molar-refractivity contribution in [2.24, 2.45) is 0 Å². The Balaban J connectivity index is 1.90. The molecule has 2 heterocycles. The Morgan fingerprint density at radius 2 is 2.00 bits per heavy atom. The highest BCUT2D eigenvalue weighted by molar-refractivity contribution is 5.76. The largest absolute Gasteiger partial charge is 0.397 e. The molecule has 1 aliphatic heterocycles. The summed E-state index contributed by atoms with van der Waals surface area (Å²) in [5, 5.41) is 0. The van der Waals surface area contributed by atoms with E-state index < -0.39 is 0 Å². The molecule has 0 atom stereocenters. The van der Waals surface area contributed by atoms with E-state index in [2.05, 4.69) is 16.8 Å². The Kier molecular flexibility index (Phi) is 4.82. The van der Waals surface area contributed by atoms with E-state index in [0.29, 0.717) is 6.42 Å². The molecule has 0 aromatic carbocycles. The zero-order valence-electron chi connectivity index (χ0n) is 12.4. The van der Waals surface area contributed by atoms with Crippen LogP contribution in [0.2, 0.25) is 0 Å². The molecule has 5 nitrogen and oxygen atoms in total. The van der Waals surface area contributed by atoms with E-state index in [1.54, 1.807) is 0 Å². The molecule has 1 saturated heterocycles. The molecular formula is C15H24N4O. The highest BCUT2D eigenvalue weighted by Crippen LogP contribution is 2.18. The van der Waals surface area contributed by atoms with Crippen LogP contribution in [0.15, 0.2) is 12.1 Å². The first-order valence-electron chi connectivity index (χ1n) is 7.37. The summed E-state index contributed by atoms with van der Waals surface area (Å²) in [7, 11) is 0. The number of amides is 1. The average Bonchev–Trinajstić information content (AvgIpc) is 2.48. The van der Waals surface area contributed by atoms with Crippen LogP contribution in [-0.2, 0) is 4.79 Å².